The Bertz CT molecular complexity index is 976. The quantitative estimate of drug-likeness (QED) is 0.603. The van der Waals surface area contributed by atoms with Gasteiger partial charge in [0.05, 0.1) is 16.9 Å². The van der Waals surface area contributed by atoms with E-state index in [4.69, 9.17) is 0 Å². The largest absolute Gasteiger partial charge is 0.368 e. The van der Waals surface area contributed by atoms with Crippen LogP contribution in [-0.4, -0.2) is 48.1 Å². The fourth-order valence-electron chi connectivity index (χ4n) is 3.76. The number of anilines is 1. The van der Waals surface area contributed by atoms with Crippen LogP contribution in [0.2, 0.25) is 0 Å². The Morgan fingerprint density at radius 1 is 1.15 bits per heavy atom. The summed E-state index contributed by atoms with van der Waals surface area (Å²) in [6, 6.07) is 11.8. The van der Waals surface area contributed by atoms with Crippen LogP contribution in [0, 0.1) is 5.82 Å². The maximum absolute atomic E-state index is 15.0. The number of halogens is 2. The summed E-state index contributed by atoms with van der Waals surface area (Å²) >= 11 is 3.49. The molecule has 27 heavy (non-hydrogen) atoms. The zero-order valence-electron chi connectivity index (χ0n) is 15.5. The van der Waals surface area contributed by atoms with Crippen LogP contribution in [0.4, 0.5) is 10.1 Å². The molecular formula is C21H22BrFN4. The van der Waals surface area contributed by atoms with E-state index in [0.717, 1.165) is 52.6 Å². The number of likely N-dealkylation sites (N-methyl/N-ethyl adjacent to an activating group) is 1. The van der Waals surface area contributed by atoms with Crippen molar-refractivity contribution in [3.63, 3.8) is 0 Å². The Balaban J connectivity index is 1.70. The van der Waals surface area contributed by atoms with Crippen LogP contribution in [0.15, 0.2) is 47.2 Å². The molecule has 0 amide bonds. The normalized spacial score (nSPS) is 17.7. The van der Waals surface area contributed by atoms with Crippen LogP contribution in [-0.2, 0) is 0 Å². The Kier molecular flexibility index (Phi) is 5.10. The van der Waals surface area contributed by atoms with Gasteiger partial charge in [0.1, 0.15) is 12.1 Å². The molecule has 0 N–H and O–H groups in total. The summed E-state index contributed by atoms with van der Waals surface area (Å²) < 4.78 is 16.0. The molecule has 4 nitrogen and oxygen atoms in total. The molecule has 6 heteroatoms. The van der Waals surface area contributed by atoms with Crippen molar-refractivity contribution in [2.24, 2.45) is 0 Å². The Morgan fingerprint density at radius 2 is 2.00 bits per heavy atom. The average Bonchev–Trinajstić information content (AvgIpc) is 2.67. The smallest absolute Gasteiger partial charge is 0.147 e. The minimum atomic E-state index is -0.200. The van der Waals surface area contributed by atoms with Gasteiger partial charge in [0.25, 0.3) is 0 Å². The van der Waals surface area contributed by atoms with Crippen molar-refractivity contribution in [3.8, 4) is 11.3 Å². The first kappa shape index (κ1) is 18.3. The third kappa shape index (κ3) is 3.69. The SMILES string of the molecule is CN(C)C1CCCN(c2ccc(-c3ncnc4ccc(Br)cc34)cc2F)C1. The van der Waals surface area contributed by atoms with Crippen LogP contribution in [0.3, 0.4) is 0 Å². The minimum absolute atomic E-state index is 0.200. The van der Waals surface area contributed by atoms with Crippen molar-refractivity contribution in [3.05, 3.63) is 53.0 Å². The lowest BCUT2D eigenvalue weighted by atomic mass is 10.0. The van der Waals surface area contributed by atoms with E-state index in [0.29, 0.717) is 11.7 Å². The zero-order chi connectivity index (χ0) is 19.0. The van der Waals surface area contributed by atoms with Gasteiger partial charge >= 0.3 is 0 Å². The molecule has 3 aromatic rings. The van der Waals surface area contributed by atoms with Crippen molar-refractivity contribution in [2.45, 2.75) is 18.9 Å². The second-order valence-corrected chi connectivity index (χ2v) is 8.17. The lowest BCUT2D eigenvalue weighted by molar-refractivity contribution is 0.257. The van der Waals surface area contributed by atoms with Crippen LogP contribution in [0.5, 0.6) is 0 Å². The van der Waals surface area contributed by atoms with Gasteiger partial charge in [-0.1, -0.05) is 22.0 Å². The summed E-state index contributed by atoms with van der Waals surface area (Å²) in [4.78, 5) is 13.1. The van der Waals surface area contributed by atoms with Crippen molar-refractivity contribution < 1.29 is 4.39 Å². The van der Waals surface area contributed by atoms with Gasteiger partial charge < -0.3 is 9.80 Å². The molecule has 2 aromatic carbocycles. The van der Waals surface area contributed by atoms with Crippen LogP contribution in [0.1, 0.15) is 12.8 Å². The first-order chi connectivity index (χ1) is 13.0. The lowest BCUT2D eigenvalue weighted by Gasteiger charge is -2.37. The summed E-state index contributed by atoms with van der Waals surface area (Å²) in [5, 5.41) is 0.907. The molecule has 0 spiro atoms. The maximum atomic E-state index is 15.0. The van der Waals surface area contributed by atoms with Crippen LogP contribution in [0.25, 0.3) is 22.2 Å². The van der Waals surface area contributed by atoms with Gasteiger partial charge in [-0.05, 0) is 57.3 Å². The van der Waals surface area contributed by atoms with Gasteiger partial charge in [0, 0.05) is 34.6 Å². The fourth-order valence-corrected chi connectivity index (χ4v) is 4.13. The predicted octanol–water partition coefficient (Wildman–Crippen LogP) is 4.73. The second-order valence-electron chi connectivity index (χ2n) is 7.26. The van der Waals surface area contributed by atoms with Gasteiger partial charge in [0.2, 0.25) is 0 Å². The molecular weight excluding hydrogens is 407 g/mol. The topological polar surface area (TPSA) is 32.3 Å². The number of piperidine rings is 1. The number of rotatable bonds is 3. The van der Waals surface area contributed by atoms with Crippen molar-refractivity contribution in [1.29, 1.82) is 0 Å². The molecule has 0 saturated carbocycles. The summed E-state index contributed by atoms with van der Waals surface area (Å²) in [7, 11) is 4.18. The zero-order valence-corrected chi connectivity index (χ0v) is 17.1. The first-order valence-corrected chi connectivity index (χ1v) is 9.94. The third-order valence-electron chi connectivity index (χ3n) is 5.29. The van der Waals surface area contributed by atoms with Gasteiger partial charge in [-0.25, -0.2) is 14.4 Å². The van der Waals surface area contributed by atoms with E-state index >= 15 is 4.39 Å². The van der Waals surface area contributed by atoms with E-state index in [1.165, 1.54) is 6.33 Å². The van der Waals surface area contributed by atoms with E-state index in [1.807, 2.05) is 30.3 Å². The molecule has 2 heterocycles. The second kappa shape index (κ2) is 7.52. The minimum Gasteiger partial charge on any atom is -0.368 e. The average molecular weight is 429 g/mol. The Morgan fingerprint density at radius 3 is 2.78 bits per heavy atom. The van der Waals surface area contributed by atoms with Gasteiger partial charge in [-0.2, -0.15) is 0 Å². The number of benzene rings is 2. The van der Waals surface area contributed by atoms with Crippen molar-refractivity contribution >= 4 is 32.5 Å². The van der Waals surface area contributed by atoms with E-state index in [1.54, 1.807) is 6.07 Å². The highest BCUT2D eigenvalue weighted by Crippen LogP contribution is 2.32. The monoisotopic (exact) mass is 428 g/mol. The van der Waals surface area contributed by atoms with Gasteiger partial charge in [-0.15, -0.1) is 0 Å². The molecule has 140 valence electrons. The Labute approximate surface area is 167 Å². The summed E-state index contributed by atoms with van der Waals surface area (Å²) in [6.45, 7) is 1.75. The number of hydrogen-bond acceptors (Lipinski definition) is 4. The van der Waals surface area contributed by atoms with Crippen molar-refractivity contribution in [2.75, 3.05) is 32.1 Å². The molecule has 1 fully saturated rings. The molecule has 0 radical (unpaired) electrons. The molecule has 1 aromatic heterocycles. The maximum Gasteiger partial charge on any atom is 0.147 e. The molecule has 0 aliphatic carbocycles. The number of hydrogen-bond donors (Lipinski definition) is 0. The summed E-state index contributed by atoms with van der Waals surface area (Å²) in [6.07, 6.45) is 3.77. The summed E-state index contributed by atoms with van der Waals surface area (Å²) in [5.74, 6) is -0.200. The van der Waals surface area contributed by atoms with Crippen LogP contribution < -0.4 is 4.90 Å². The first-order valence-electron chi connectivity index (χ1n) is 9.14. The Hall–Kier alpha value is -2.05. The van der Waals surface area contributed by atoms with Crippen molar-refractivity contribution in [1.82, 2.24) is 14.9 Å². The summed E-state index contributed by atoms with van der Waals surface area (Å²) in [5.41, 5.74) is 3.03. The molecule has 1 unspecified atom stereocenters. The highest BCUT2D eigenvalue weighted by atomic mass is 79.9. The highest BCUT2D eigenvalue weighted by molar-refractivity contribution is 9.10. The standard InChI is InChI=1S/C21H22BrFN4/c1-26(2)16-4-3-9-27(12-16)20-8-5-14(10-18(20)23)21-17-11-15(22)6-7-19(17)24-13-25-21/h5-8,10-11,13,16H,3-4,9,12H2,1-2H3. The highest BCUT2D eigenvalue weighted by Gasteiger charge is 2.23. The molecule has 1 aliphatic rings. The third-order valence-corrected chi connectivity index (χ3v) is 5.78. The lowest BCUT2D eigenvalue weighted by Crippen LogP contribution is -2.45. The molecule has 4 rings (SSSR count). The van der Waals surface area contributed by atoms with Gasteiger partial charge in [-0.3, -0.25) is 0 Å². The van der Waals surface area contributed by atoms with E-state index < -0.39 is 0 Å². The van der Waals surface area contributed by atoms with E-state index in [2.05, 4.69) is 49.8 Å². The number of aromatic nitrogens is 2. The van der Waals surface area contributed by atoms with E-state index in [9.17, 15) is 0 Å². The fraction of sp³-hybridized carbons (Fsp3) is 0.333. The molecule has 1 aliphatic heterocycles. The number of nitrogens with zero attached hydrogens (tertiary/aromatic N) is 4. The van der Waals surface area contributed by atoms with E-state index in [-0.39, 0.29) is 5.82 Å². The van der Waals surface area contributed by atoms with Crippen LogP contribution >= 0.6 is 15.9 Å². The number of fused-ring (bicyclic) bond motifs is 1. The molecule has 1 atom stereocenters. The van der Waals surface area contributed by atoms with Gasteiger partial charge in [0.15, 0.2) is 0 Å². The predicted molar refractivity (Wildman–Crippen MR) is 112 cm³/mol. The molecule has 1 saturated heterocycles. The molecule has 0 bridgehead atoms.